The third-order valence-electron chi connectivity index (χ3n) is 7.22. The van der Waals surface area contributed by atoms with Crippen LogP contribution in [0, 0.1) is 54.8 Å². The molecular formula is C28H24N6S. The van der Waals surface area contributed by atoms with Crippen molar-refractivity contribution in [3.63, 3.8) is 0 Å². The Kier molecular flexibility index (Phi) is 5.36. The largest absolute Gasteiger partial charge is 0.383 e. The molecule has 0 unspecified atom stereocenters. The Hall–Kier alpha value is -4.12. The van der Waals surface area contributed by atoms with Gasteiger partial charge in [-0.25, -0.2) is 4.98 Å². The molecule has 0 radical (unpaired) electrons. The average Bonchev–Trinajstić information content (AvgIpc) is 3.42. The van der Waals surface area contributed by atoms with E-state index in [9.17, 15) is 15.8 Å². The van der Waals surface area contributed by atoms with E-state index in [1.165, 1.54) is 16.9 Å². The van der Waals surface area contributed by atoms with Crippen LogP contribution in [0.4, 0.5) is 5.82 Å². The van der Waals surface area contributed by atoms with Crippen LogP contribution in [0.15, 0.2) is 11.6 Å². The van der Waals surface area contributed by atoms with Gasteiger partial charge in [0.2, 0.25) is 0 Å². The van der Waals surface area contributed by atoms with Gasteiger partial charge in [0.05, 0.1) is 22.4 Å². The first-order valence-corrected chi connectivity index (χ1v) is 12.4. The third kappa shape index (κ3) is 3.22. The quantitative estimate of drug-likeness (QED) is 0.493. The van der Waals surface area contributed by atoms with Crippen LogP contribution in [0.25, 0.3) is 22.2 Å². The molecule has 6 nitrogen and oxygen atoms in total. The maximum atomic E-state index is 10.00. The van der Waals surface area contributed by atoms with E-state index >= 15 is 0 Å². The number of rotatable bonds is 2. The number of nitriles is 3. The monoisotopic (exact) mass is 476 g/mol. The molecule has 0 aromatic carbocycles. The Morgan fingerprint density at radius 2 is 1.74 bits per heavy atom. The van der Waals surface area contributed by atoms with Crippen molar-refractivity contribution in [3.8, 4) is 23.2 Å². The van der Waals surface area contributed by atoms with Crippen molar-refractivity contribution in [2.45, 2.75) is 53.4 Å². The number of nitrogens with two attached hydrogens (primary N) is 1. The van der Waals surface area contributed by atoms with Gasteiger partial charge < -0.3 is 10.3 Å². The van der Waals surface area contributed by atoms with Crippen molar-refractivity contribution in [1.29, 1.82) is 15.8 Å². The zero-order valence-electron chi connectivity index (χ0n) is 20.2. The second-order valence-corrected chi connectivity index (χ2v) is 10.3. The van der Waals surface area contributed by atoms with Gasteiger partial charge in [-0.3, -0.25) is 0 Å². The molecule has 0 fully saturated rings. The lowest BCUT2D eigenvalue weighted by Gasteiger charge is -2.11. The van der Waals surface area contributed by atoms with Gasteiger partial charge in [0, 0.05) is 21.8 Å². The summed E-state index contributed by atoms with van der Waals surface area (Å²) in [6.07, 6.45) is 6.39. The van der Waals surface area contributed by atoms with Gasteiger partial charge in [-0.15, -0.1) is 11.3 Å². The third-order valence-corrected chi connectivity index (χ3v) is 8.50. The summed E-state index contributed by atoms with van der Waals surface area (Å²) in [5, 5.41) is 30.5. The lowest BCUT2D eigenvalue weighted by Crippen LogP contribution is -2.04. The number of aromatic nitrogens is 2. The molecule has 0 amide bonds. The van der Waals surface area contributed by atoms with E-state index < -0.39 is 0 Å². The van der Waals surface area contributed by atoms with Crippen molar-refractivity contribution in [1.82, 2.24) is 9.55 Å². The van der Waals surface area contributed by atoms with Crippen LogP contribution in [0.5, 0.6) is 0 Å². The summed E-state index contributed by atoms with van der Waals surface area (Å²) in [6, 6.07) is 9.03. The number of thiophene rings is 1. The molecule has 3 aromatic heterocycles. The van der Waals surface area contributed by atoms with Crippen LogP contribution < -0.4 is 5.73 Å². The van der Waals surface area contributed by atoms with E-state index in [0.717, 1.165) is 69.1 Å². The van der Waals surface area contributed by atoms with Gasteiger partial charge in [0.1, 0.15) is 29.0 Å². The minimum atomic E-state index is 0.148. The summed E-state index contributed by atoms with van der Waals surface area (Å²) in [7, 11) is 0. The van der Waals surface area contributed by atoms with Gasteiger partial charge in [0.15, 0.2) is 0 Å². The molecular weight excluding hydrogens is 452 g/mol. The molecule has 2 aliphatic carbocycles. The summed E-state index contributed by atoms with van der Waals surface area (Å²) < 4.78 is 2.18. The fourth-order valence-corrected chi connectivity index (χ4v) is 6.87. The highest BCUT2D eigenvalue weighted by atomic mass is 32.1. The van der Waals surface area contributed by atoms with Crippen molar-refractivity contribution in [3.05, 3.63) is 67.0 Å². The van der Waals surface area contributed by atoms with Crippen LogP contribution in [0.1, 0.15) is 75.1 Å². The number of nitrogen functional groups attached to an aromatic ring is 1. The molecule has 0 bridgehead atoms. The molecule has 0 aliphatic heterocycles. The highest BCUT2D eigenvalue weighted by Gasteiger charge is 2.30. The maximum Gasteiger partial charge on any atom is 0.142 e. The topological polar surface area (TPSA) is 115 Å². The Balaban J connectivity index is 1.72. The predicted octanol–water partition coefficient (Wildman–Crippen LogP) is 5.91. The van der Waals surface area contributed by atoms with Crippen molar-refractivity contribution < 1.29 is 0 Å². The normalized spacial score (nSPS) is 15.5. The summed E-state index contributed by atoms with van der Waals surface area (Å²) in [5.41, 5.74) is 15.7. The van der Waals surface area contributed by atoms with E-state index in [1.807, 2.05) is 13.8 Å². The predicted molar refractivity (Wildman–Crippen MR) is 139 cm³/mol. The van der Waals surface area contributed by atoms with Gasteiger partial charge in [-0.2, -0.15) is 15.8 Å². The Bertz CT molecular complexity index is 1620. The zero-order valence-corrected chi connectivity index (χ0v) is 21.0. The number of anilines is 1. The number of allylic oxidation sites excluding steroid dienone is 3. The molecule has 35 heavy (non-hydrogen) atoms. The van der Waals surface area contributed by atoms with Crippen LogP contribution in [0.3, 0.4) is 0 Å². The molecule has 2 N–H and O–H groups in total. The second kappa shape index (κ2) is 8.27. The average molecular weight is 477 g/mol. The van der Waals surface area contributed by atoms with E-state index in [1.54, 1.807) is 11.3 Å². The smallest absolute Gasteiger partial charge is 0.142 e. The summed E-state index contributed by atoms with van der Waals surface area (Å²) in [4.78, 5) is 5.76. The SMILES string of the molecule is CC1=C(C#N)c2nc(N)c(C#N)c(C)c2/C1=C\c1cc(C)n(-c2sc3c(c2C#N)CCCC3)c1C. The standard InChI is InChI=1S/C28H24N6S/c1-14-9-18(17(4)34(14)28-23(13-31)19-7-5-6-8-24(19)35-28)10-20-15(2)21(11-29)26-25(20)16(3)22(12-30)27(32)33-26/h9-10H,5-8H2,1-4H3,(H2,32,33)/b20-10-. The van der Waals surface area contributed by atoms with Crippen LogP contribution in [0.2, 0.25) is 0 Å². The molecule has 0 atom stereocenters. The molecule has 5 rings (SSSR count). The molecule has 0 spiro atoms. The minimum absolute atomic E-state index is 0.148. The lowest BCUT2D eigenvalue weighted by atomic mass is 9.95. The molecule has 7 heteroatoms. The Morgan fingerprint density at radius 3 is 2.43 bits per heavy atom. The first-order chi connectivity index (χ1) is 16.8. The first kappa shape index (κ1) is 22.7. The Morgan fingerprint density at radius 1 is 1.03 bits per heavy atom. The zero-order chi connectivity index (χ0) is 25.0. The Labute approximate surface area is 208 Å². The lowest BCUT2D eigenvalue weighted by molar-refractivity contribution is 0.695. The molecule has 172 valence electrons. The molecule has 0 saturated heterocycles. The van der Waals surface area contributed by atoms with Crippen LogP contribution >= 0.6 is 11.3 Å². The second-order valence-electron chi connectivity index (χ2n) is 9.17. The van der Waals surface area contributed by atoms with Gasteiger partial charge in [0.25, 0.3) is 0 Å². The van der Waals surface area contributed by atoms with E-state index in [4.69, 9.17) is 5.73 Å². The van der Waals surface area contributed by atoms with Gasteiger partial charge in [-0.05, 0) is 93.4 Å². The van der Waals surface area contributed by atoms with Gasteiger partial charge >= 0.3 is 0 Å². The highest BCUT2D eigenvalue weighted by Crippen LogP contribution is 2.45. The fraction of sp³-hybridized carbons (Fsp3) is 0.286. The van der Waals surface area contributed by atoms with Crippen molar-refractivity contribution >= 4 is 34.4 Å². The van der Waals surface area contributed by atoms with Crippen molar-refractivity contribution in [2.24, 2.45) is 0 Å². The van der Waals surface area contributed by atoms with E-state index in [2.05, 4.69) is 53.7 Å². The molecule has 0 saturated carbocycles. The molecule has 3 heterocycles. The highest BCUT2D eigenvalue weighted by molar-refractivity contribution is 7.15. The number of aryl methyl sites for hydroxylation is 2. The summed E-state index contributed by atoms with van der Waals surface area (Å²) >= 11 is 1.73. The fourth-order valence-electron chi connectivity index (χ4n) is 5.42. The first-order valence-electron chi connectivity index (χ1n) is 11.6. The van der Waals surface area contributed by atoms with Crippen molar-refractivity contribution in [2.75, 3.05) is 5.73 Å². The summed E-state index contributed by atoms with van der Waals surface area (Å²) in [6.45, 7) is 7.89. The maximum absolute atomic E-state index is 10.00. The molecule has 2 aliphatic rings. The van der Waals surface area contributed by atoms with E-state index in [-0.39, 0.29) is 5.82 Å². The molecule has 3 aromatic rings. The van der Waals surface area contributed by atoms with Crippen LogP contribution in [-0.4, -0.2) is 9.55 Å². The number of hydrogen-bond donors (Lipinski definition) is 1. The van der Waals surface area contributed by atoms with Gasteiger partial charge in [-0.1, -0.05) is 0 Å². The summed E-state index contributed by atoms with van der Waals surface area (Å²) in [5.74, 6) is 0.148. The van der Waals surface area contributed by atoms with E-state index in [0.29, 0.717) is 16.8 Å². The van der Waals surface area contributed by atoms with Crippen LogP contribution in [-0.2, 0) is 12.8 Å². The number of fused-ring (bicyclic) bond motifs is 2. The number of hydrogen-bond acceptors (Lipinski definition) is 6. The number of nitrogens with zero attached hydrogens (tertiary/aromatic N) is 5. The minimum Gasteiger partial charge on any atom is -0.383 e. The number of pyridine rings is 1.